The van der Waals surface area contributed by atoms with Crippen LogP contribution >= 0.6 is 11.8 Å². The highest BCUT2D eigenvalue weighted by molar-refractivity contribution is 7.99. The SMILES string of the molecule is Cc1ncccc1Cn1c(CCO)nc(C(C)C)c1Sc1cc(F)cc(F)c1. The van der Waals surface area contributed by atoms with Gasteiger partial charge >= 0.3 is 0 Å². The maximum Gasteiger partial charge on any atom is 0.127 e. The fraction of sp³-hybridized carbons (Fsp3) is 0.333. The Hall–Kier alpha value is -2.25. The molecular weight excluding hydrogens is 380 g/mol. The summed E-state index contributed by atoms with van der Waals surface area (Å²) in [6.07, 6.45) is 2.14. The second kappa shape index (κ2) is 8.84. The first-order chi connectivity index (χ1) is 13.4. The monoisotopic (exact) mass is 403 g/mol. The van der Waals surface area contributed by atoms with Crippen molar-refractivity contribution < 1.29 is 13.9 Å². The first-order valence-corrected chi connectivity index (χ1v) is 9.95. The third-order valence-corrected chi connectivity index (χ3v) is 5.50. The number of benzene rings is 1. The van der Waals surface area contributed by atoms with Crippen LogP contribution in [0.2, 0.25) is 0 Å². The normalized spacial score (nSPS) is 11.4. The average molecular weight is 403 g/mol. The molecular formula is C21H23F2N3OS. The average Bonchev–Trinajstić information content (AvgIpc) is 2.94. The number of pyridine rings is 1. The van der Waals surface area contributed by atoms with Crippen molar-refractivity contribution >= 4 is 11.8 Å². The zero-order valence-electron chi connectivity index (χ0n) is 16.1. The van der Waals surface area contributed by atoms with Crippen LogP contribution in [0.3, 0.4) is 0 Å². The van der Waals surface area contributed by atoms with Gasteiger partial charge in [0, 0.05) is 29.3 Å². The minimum absolute atomic E-state index is 0.0285. The van der Waals surface area contributed by atoms with Crippen molar-refractivity contribution in [1.82, 2.24) is 14.5 Å². The number of hydrogen-bond acceptors (Lipinski definition) is 4. The van der Waals surface area contributed by atoms with Gasteiger partial charge in [-0.1, -0.05) is 31.7 Å². The highest BCUT2D eigenvalue weighted by Crippen LogP contribution is 2.36. The summed E-state index contributed by atoms with van der Waals surface area (Å²) < 4.78 is 29.4. The van der Waals surface area contributed by atoms with Crippen molar-refractivity contribution in [2.45, 2.75) is 49.6 Å². The predicted octanol–water partition coefficient (Wildman–Crippen LogP) is 4.72. The Morgan fingerprint density at radius 2 is 1.89 bits per heavy atom. The zero-order chi connectivity index (χ0) is 20.3. The van der Waals surface area contributed by atoms with Crippen molar-refractivity contribution in [2.24, 2.45) is 0 Å². The van der Waals surface area contributed by atoms with E-state index in [-0.39, 0.29) is 12.5 Å². The lowest BCUT2D eigenvalue weighted by Crippen LogP contribution is -2.09. The lowest BCUT2D eigenvalue weighted by molar-refractivity contribution is 0.294. The van der Waals surface area contributed by atoms with Crippen LogP contribution in [-0.4, -0.2) is 26.2 Å². The molecule has 28 heavy (non-hydrogen) atoms. The van der Waals surface area contributed by atoms with E-state index < -0.39 is 11.6 Å². The van der Waals surface area contributed by atoms with E-state index in [4.69, 9.17) is 4.98 Å². The van der Waals surface area contributed by atoms with Crippen LogP contribution in [0.1, 0.15) is 42.5 Å². The molecule has 1 N–H and O–H groups in total. The minimum atomic E-state index is -0.613. The first kappa shape index (κ1) is 20.5. The van der Waals surface area contributed by atoms with Crippen molar-refractivity contribution in [3.8, 4) is 0 Å². The second-order valence-corrected chi connectivity index (χ2v) is 7.95. The number of aliphatic hydroxyl groups is 1. The number of aryl methyl sites for hydroxylation is 1. The molecule has 1 aromatic carbocycles. The van der Waals surface area contributed by atoms with E-state index in [1.807, 2.05) is 37.5 Å². The molecule has 148 valence electrons. The second-order valence-electron chi connectivity index (χ2n) is 6.89. The van der Waals surface area contributed by atoms with Crippen molar-refractivity contribution in [2.75, 3.05) is 6.61 Å². The van der Waals surface area contributed by atoms with Gasteiger partial charge in [-0.2, -0.15) is 0 Å². The Kier molecular flexibility index (Phi) is 6.46. The smallest absolute Gasteiger partial charge is 0.127 e. The molecule has 7 heteroatoms. The van der Waals surface area contributed by atoms with Gasteiger partial charge in [-0.3, -0.25) is 4.98 Å². The number of halogens is 2. The van der Waals surface area contributed by atoms with Crippen LogP contribution < -0.4 is 0 Å². The Bertz CT molecular complexity index is 952. The fourth-order valence-electron chi connectivity index (χ4n) is 2.99. The Labute approximate surface area is 167 Å². The molecule has 0 radical (unpaired) electrons. The third kappa shape index (κ3) is 4.59. The van der Waals surface area contributed by atoms with Gasteiger partial charge in [0.25, 0.3) is 0 Å². The van der Waals surface area contributed by atoms with Gasteiger partial charge < -0.3 is 9.67 Å². The van der Waals surface area contributed by atoms with Gasteiger partial charge in [-0.25, -0.2) is 13.8 Å². The lowest BCUT2D eigenvalue weighted by Gasteiger charge is -2.14. The van der Waals surface area contributed by atoms with Crippen LogP contribution in [0.15, 0.2) is 46.5 Å². The van der Waals surface area contributed by atoms with Gasteiger partial charge in [-0.15, -0.1) is 0 Å². The van der Waals surface area contributed by atoms with Gasteiger partial charge in [0.2, 0.25) is 0 Å². The molecule has 2 aromatic heterocycles. The summed E-state index contributed by atoms with van der Waals surface area (Å²) >= 11 is 1.29. The van der Waals surface area contributed by atoms with Gasteiger partial charge in [0.15, 0.2) is 0 Å². The third-order valence-electron chi connectivity index (χ3n) is 4.40. The van der Waals surface area contributed by atoms with E-state index in [0.717, 1.165) is 33.9 Å². The van der Waals surface area contributed by atoms with E-state index in [1.165, 1.54) is 23.9 Å². The molecule has 0 aliphatic rings. The van der Waals surface area contributed by atoms with Crippen molar-refractivity contribution in [3.63, 3.8) is 0 Å². The van der Waals surface area contributed by atoms with Crippen molar-refractivity contribution in [3.05, 3.63) is 70.9 Å². The molecule has 0 aliphatic carbocycles. The largest absolute Gasteiger partial charge is 0.396 e. The molecule has 0 unspecified atom stereocenters. The molecule has 0 atom stereocenters. The molecule has 0 aliphatic heterocycles. The van der Waals surface area contributed by atoms with E-state index in [9.17, 15) is 13.9 Å². The number of hydrogen-bond donors (Lipinski definition) is 1. The molecule has 0 fully saturated rings. The van der Waals surface area contributed by atoms with Crippen LogP contribution in [0.25, 0.3) is 0 Å². The van der Waals surface area contributed by atoms with E-state index in [0.29, 0.717) is 17.9 Å². The highest BCUT2D eigenvalue weighted by atomic mass is 32.2. The van der Waals surface area contributed by atoms with Crippen molar-refractivity contribution in [1.29, 1.82) is 0 Å². The summed E-state index contributed by atoms with van der Waals surface area (Å²) in [5.41, 5.74) is 2.78. The molecule has 3 aromatic rings. The molecule has 0 saturated carbocycles. The number of nitrogens with zero attached hydrogens (tertiary/aromatic N) is 3. The molecule has 0 saturated heterocycles. The summed E-state index contributed by atoms with van der Waals surface area (Å²) in [5, 5.41) is 10.3. The predicted molar refractivity (Wildman–Crippen MR) is 106 cm³/mol. The van der Waals surface area contributed by atoms with Gasteiger partial charge in [0.05, 0.1) is 18.8 Å². The van der Waals surface area contributed by atoms with Crippen LogP contribution in [0.4, 0.5) is 8.78 Å². The minimum Gasteiger partial charge on any atom is -0.396 e. The van der Waals surface area contributed by atoms with Crippen LogP contribution in [-0.2, 0) is 13.0 Å². The Balaban J connectivity index is 2.10. The summed E-state index contributed by atoms with van der Waals surface area (Å²) in [6.45, 7) is 6.49. The maximum atomic E-state index is 13.7. The van der Waals surface area contributed by atoms with Gasteiger partial charge in [0.1, 0.15) is 22.5 Å². The Morgan fingerprint density at radius 1 is 1.18 bits per heavy atom. The summed E-state index contributed by atoms with van der Waals surface area (Å²) in [5.74, 6) is -0.361. The zero-order valence-corrected chi connectivity index (χ0v) is 16.9. The quantitative estimate of drug-likeness (QED) is 0.620. The number of imidazole rings is 1. The van der Waals surface area contributed by atoms with Crippen LogP contribution in [0.5, 0.6) is 0 Å². The number of aromatic nitrogens is 3. The summed E-state index contributed by atoms with van der Waals surface area (Å²) in [4.78, 5) is 9.55. The van der Waals surface area contributed by atoms with Crippen LogP contribution in [0, 0.1) is 18.6 Å². The number of aliphatic hydroxyl groups excluding tert-OH is 1. The molecule has 0 bridgehead atoms. The van der Waals surface area contributed by atoms with Gasteiger partial charge in [-0.05, 0) is 36.6 Å². The van der Waals surface area contributed by atoms with E-state index in [2.05, 4.69) is 4.98 Å². The molecule has 0 amide bonds. The molecule has 2 heterocycles. The fourth-order valence-corrected chi connectivity index (χ4v) is 4.23. The summed E-state index contributed by atoms with van der Waals surface area (Å²) in [7, 11) is 0. The molecule has 0 spiro atoms. The highest BCUT2D eigenvalue weighted by Gasteiger charge is 2.21. The Morgan fingerprint density at radius 3 is 2.50 bits per heavy atom. The lowest BCUT2D eigenvalue weighted by atomic mass is 10.1. The molecule has 4 nitrogen and oxygen atoms in total. The molecule has 3 rings (SSSR count). The maximum absolute atomic E-state index is 13.7. The summed E-state index contributed by atoms with van der Waals surface area (Å²) in [6, 6.07) is 7.37. The first-order valence-electron chi connectivity index (χ1n) is 9.13. The number of rotatable bonds is 7. The topological polar surface area (TPSA) is 50.9 Å². The standard InChI is InChI=1S/C21H23F2N3OS/c1-13(2)20-21(28-18-10-16(22)9-17(23)11-18)26(19(25-20)6-8-27)12-15-5-4-7-24-14(15)3/h4-5,7,9-11,13,27H,6,8,12H2,1-3H3. The van der Waals surface area contributed by atoms with E-state index >= 15 is 0 Å². The van der Waals surface area contributed by atoms with E-state index in [1.54, 1.807) is 6.20 Å².